The van der Waals surface area contributed by atoms with E-state index in [4.69, 9.17) is 0 Å². The summed E-state index contributed by atoms with van der Waals surface area (Å²) in [6.07, 6.45) is 1.21. The molecule has 0 heterocycles. The predicted molar refractivity (Wildman–Crippen MR) is 63.7 cm³/mol. The van der Waals surface area contributed by atoms with Gasteiger partial charge in [0.25, 0.3) is 0 Å². The number of hydrogen-bond donors (Lipinski definition) is 0. The maximum atomic E-state index is 3.91. The Bertz CT molecular complexity index is 155. The molecular weight excluding hydrogens is 176 g/mol. The lowest BCUT2D eigenvalue weighted by Gasteiger charge is -2.26. The number of nitrogens with zero attached hydrogens (tertiary/aromatic N) is 2. The molecule has 0 saturated carbocycles. The van der Waals surface area contributed by atoms with Gasteiger partial charge in [-0.15, -0.1) is 12.3 Å². The molecule has 0 aromatic heterocycles. The molecule has 0 aliphatic carbocycles. The van der Waals surface area contributed by atoms with Crippen molar-refractivity contribution < 1.29 is 0 Å². The SMILES string of the molecule is C=C[Si](C)(C)CN(C)CCN(C)C. The van der Waals surface area contributed by atoms with Gasteiger partial charge in [-0.05, 0) is 27.3 Å². The highest BCUT2D eigenvalue weighted by molar-refractivity contribution is 6.82. The first kappa shape index (κ1) is 12.9. The zero-order valence-corrected chi connectivity index (χ0v) is 10.8. The maximum Gasteiger partial charge on any atom is 0.0854 e. The van der Waals surface area contributed by atoms with Crippen LogP contribution >= 0.6 is 0 Å². The molecule has 0 radical (unpaired) electrons. The smallest absolute Gasteiger partial charge is 0.0854 e. The predicted octanol–water partition coefficient (Wildman–Crippen LogP) is 1.45. The van der Waals surface area contributed by atoms with Crippen molar-refractivity contribution >= 4 is 8.07 Å². The van der Waals surface area contributed by atoms with E-state index in [0.717, 1.165) is 13.1 Å². The Hall–Kier alpha value is -0.123. The zero-order valence-electron chi connectivity index (χ0n) is 9.80. The van der Waals surface area contributed by atoms with Gasteiger partial charge in [0.2, 0.25) is 0 Å². The van der Waals surface area contributed by atoms with Crippen molar-refractivity contribution in [2.75, 3.05) is 40.4 Å². The molecular formula is C10H24N2Si. The van der Waals surface area contributed by atoms with Gasteiger partial charge in [-0.25, -0.2) is 0 Å². The van der Waals surface area contributed by atoms with Gasteiger partial charge in [0.05, 0.1) is 8.07 Å². The Balaban J connectivity index is 3.73. The summed E-state index contributed by atoms with van der Waals surface area (Å²) in [6, 6.07) is 0. The minimum atomic E-state index is -1.14. The second-order valence-corrected chi connectivity index (χ2v) is 9.44. The van der Waals surface area contributed by atoms with Crippen LogP contribution in [0.4, 0.5) is 0 Å². The third-order valence-electron chi connectivity index (χ3n) is 2.16. The molecule has 0 spiro atoms. The Morgan fingerprint density at radius 2 is 1.69 bits per heavy atom. The van der Waals surface area contributed by atoms with Crippen molar-refractivity contribution in [3.8, 4) is 0 Å². The normalized spacial score (nSPS) is 12.5. The first-order chi connectivity index (χ1) is 5.87. The summed E-state index contributed by atoms with van der Waals surface area (Å²) in [4.78, 5) is 4.63. The second-order valence-electron chi connectivity index (χ2n) is 4.73. The molecule has 2 nitrogen and oxygen atoms in total. The summed E-state index contributed by atoms with van der Waals surface area (Å²) >= 11 is 0. The minimum absolute atomic E-state index is 1.14. The van der Waals surface area contributed by atoms with E-state index in [2.05, 4.69) is 56.3 Å². The van der Waals surface area contributed by atoms with Crippen LogP contribution in [0.1, 0.15) is 0 Å². The molecule has 0 bridgehead atoms. The van der Waals surface area contributed by atoms with E-state index in [9.17, 15) is 0 Å². The van der Waals surface area contributed by atoms with Crippen LogP contribution in [-0.4, -0.2) is 58.3 Å². The number of likely N-dealkylation sites (N-methyl/N-ethyl adjacent to an activating group) is 2. The highest BCUT2D eigenvalue weighted by atomic mass is 28.3. The van der Waals surface area contributed by atoms with E-state index in [1.54, 1.807) is 0 Å². The van der Waals surface area contributed by atoms with Crippen molar-refractivity contribution in [2.24, 2.45) is 0 Å². The van der Waals surface area contributed by atoms with Crippen molar-refractivity contribution in [1.82, 2.24) is 9.80 Å². The largest absolute Gasteiger partial charge is 0.308 e. The number of hydrogen-bond acceptors (Lipinski definition) is 2. The average Bonchev–Trinajstić information content (AvgIpc) is 2.00. The fraction of sp³-hybridized carbons (Fsp3) is 0.800. The third-order valence-corrected chi connectivity index (χ3v) is 4.62. The molecule has 0 amide bonds. The van der Waals surface area contributed by atoms with Gasteiger partial charge in [0.1, 0.15) is 0 Å². The van der Waals surface area contributed by atoms with Crippen LogP contribution < -0.4 is 0 Å². The lowest BCUT2D eigenvalue weighted by Crippen LogP contribution is -2.41. The van der Waals surface area contributed by atoms with Gasteiger partial charge in [-0.1, -0.05) is 13.1 Å². The first-order valence-corrected chi connectivity index (χ1v) is 8.13. The van der Waals surface area contributed by atoms with Crippen LogP contribution in [0.2, 0.25) is 13.1 Å². The van der Waals surface area contributed by atoms with Crippen molar-refractivity contribution in [2.45, 2.75) is 13.1 Å². The summed E-state index contributed by atoms with van der Waals surface area (Å²) in [7, 11) is 5.29. The van der Waals surface area contributed by atoms with Gasteiger partial charge >= 0.3 is 0 Å². The van der Waals surface area contributed by atoms with Crippen LogP contribution in [0.25, 0.3) is 0 Å². The highest BCUT2D eigenvalue weighted by Gasteiger charge is 2.17. The molecule has 78 valence electrons. The van der Waals surface area contributed by atoms with Crippen LogP contribution in [0.5, 0.6) is 0 Å². The molecule has 0 saturated heterocycles. The Kier molecular flexibility index (Phi) is 5.52. The standard InChI is InChI=1S/C10H24N2Si/c1-7-13(5,6)10-12(4)9-8-11(2)3/h7H,1,8-10H2,2-6H3. The number of rotatable bonds is 6. The Morgan fingerprint density at radius 1 is 1.15 bits per heavy atom. The summed E-state index contributed by atoms with van der Waals surface area (Å²) in [5.74, 6) is 0. The molecule has 0 aliphatic heterocycles. The molecule has 0 aliphatic rings. The molecule has 0 N–H and O–H groups in total. The zero-order chi connectivity index (χ0) is 10.5. The quantitative estimate of drug-likeness (QED) is 0.599. The van der Waals surface area contributed by atoms with E-state index in [0.29, 0.717) is 0 Å². The fourth-order valence-electron chi connectivity index (χ4n) is 1.21. The molecule has 0 aromatic rings. The average molecular weight is 200 g/mol. The monoisotopic (exact) mass is 200 g/mol. The molecule has 0 aromatic carbocycles. The van der Waals surface area contributed by atoms with Crippen LogP contribution in [0.15, 0.2) is 12.3 Å². The molecule has 0 unspecified atom stereocenters. The summed E-state index contributed by atoms with van der Waals surface area (Å²) in [5, 5.41) is 0. The van der Waals surface area contributed by atoms with Crippen LogP contribution in [-0.2, 0) is 0 Å². The van der Waals surface area contributed by atoms with Gasteiger partial charge in [0, 0.05) is 13.1 Å². The summed E-state index contributed by atoms with van der Waals surface area (Å²) in [5.41, 5.74) is 2.17. The van der Waals surface area contributed by atoms with Gasteiger partial charge in [0.15, 0.2) is 0 Å². The topological polar surface area (TPSA) is 6.48 Å². The van der Waals surface area contributed by atoms with Crippen molar-refractivity contribution in [1.29, 1.82) is 0 Å². The van der Waals surface area contributed by atoms with Crippen LogP contribution in [0.3, 0.4) is 0 Å². The summed E-state index contributed by atoms with van der Waals surface area (Å²) in [6.45, 7) is 10.9. The fourth-order valence-corrected chi connectivity index (χ4v) is 2.89. The van der Waals surface area contributed by atoms with Gasteiger partial charge in [-0.2, -0.15) is 0 Å². The third kappa shape index (κ3) is 6.99. The van der Waals surface area contributed by atoms with Crippen molar-refractivity contribution in [3.63, 3.8) is 0 Å². The summed E-state index contributed by atoms with van der Waals surface area (Å²) < 4.78 is 0. The van der Waals surface area contributed by atoms with Gasteiger partial charge < -0.3 is 9.80 Å². The second kappa shape index (κ2) is 5.57. The first-order valence-electron chi connectivity index (χ1n) is 4.84. The maximum absolute atomic E-state index is 3.91. The van der Waals surface area contributed by atoms with Crippen molar-refractivity contribution in [3.05, 3.63) is 12.3 Å². The van der Waals surface area contributed by atoms with E-state index < -0.39 is 8.07 Å². The molecule has 13 heavy (non-hydrogen) atoms. The molecule has 0 atom stereocenters. The van der Waals surface area contributed by atoms with E-state index in [-0.39, 0.29) is 0 Å². The Labute approximate surface area is 84.2 Å². The highest BCUT2D eigenvalue weighted by Crippen LogP contribution is 2.04. The van der Waals surface area contributed by atoms with Crippen LogP contribution in [0, 0.1) is 0 Å². The van der Waals surface area contributed by atoms with E-state index in [1.807, 2.05) is 0 Å². The minimum Gasteiger partial charge on any atom is -0.308 e. The van der Waals surface area contributed by atoms with E-state index in [1.165, 1.54) is 6.17 Å². The Morgan fingerprint density at radius 3 is 2.08 bits per heavy atom. The lowest BCUT2D eigenvalue weighted by atomic mass is 10.5. The lowest BCUT2D eigenvalue weighted by molar-refractivity contribution is 0.308. The van der Waals surface area contributed by atoms with E-state index >= 15 is 0 Å². The molecule has 3 heteroatoms. The molecule has 0 rings (SSSR count). The molecule has 0 fully saturated rings. The van der Waals surface area contributed by atoms with Gasteiger partial charge in [-0.3, -0.25) is 0 Å².